The van der Waals surface area contributed by atoms with Crippen molar-refractivity contribution in [3.63, 3.8) is 0 Å². The first-order valence-electron chi connectivity index (χ1n) is 6.45. The fraction of sp³-hybridized carbons (Fsp3) is 0.143. The lowest BCUT2D eigenvalue weighted by molar-refractivity contribution is -0.380. The zero-order valence-electron chi connectivity index (χ0n) is 11.9. The number of nitrogens with zero attached hydrogens (tertiary/aromatic N) is 2. The third-order valence-electron chi connectivity index (χ3n) is 2.65. The van der Waals surface area contributed by atoms with Crippen molar-refractivity contribution in [1.82, 2.24) is 5.43 Å². The molecule has 0 radical (unpaired) electrons. The Hall–Kier alpha value is -2.45. The topological polar surface area (TPSA) is 93.8 Å². The van der Waals surface area contributed by atoms with Crippen LogP contribution >= 0.6 is 22.9 Å². The molecular weight excluding hydrogens is 342 g/mol. The second-order valence-electron chi connectivity index (χ2n) is 4.38. The van der Waals surface area contributed by atoms with Crippen LogP contribution in [0.25, 0.3) is 0 Å². The summed E-state index contributed by atoms with van der Waals surface area (Å²) in [5.41, 5.74) is 2.32. The number of hydrogen-bond donors (Lipinski definition) is 1. The summed E-state index contributed by atoms with van der Waals surface area (Å²) in [4.78, 5) is 22.5. The van der Waals surface area contributed by atoms with Crippen LogP contribution in [0.15, 0.2) is 41.5 Å². The summed E-state index contributed by atoms with van der Waals surface area (Å²) < 4.78 is 5.44. The molecule has 23 heavy (non-hydrogen) atoms. The van der Waals surface area contributed by atoms with Crippen molar-refractivity contribution in [2.75, 3.05) is 0 Å². The zero-order chi connectivity index (χ0) is 16.8. The van der Waals surface area contributed by atoms with Crippen LogP contribution in [0.2, 0.25) is 5.02 Å². The van der Waals surface area contributed by atoms with Crippen molar-refractivity contribution in [3.8, 4) is 5.75 Å². The molecular formula is C14H12ClN3O4S. The van der Waals surface area contributed by atoms with Crippen LogP contribution in [-0.2, 0) is 4.79 Å². The third kappa shape index (κ3) is 5.04. The van der Waals surface area contributed by atoms with Gasteiger partial charge in [0.2, 0.25) is 0 Å². The first kappa shape index (κ1) is 16.9. The summed E-state index contributed by atoms with van der Waals surface area (Å²) in [6, 6.07) is 9.54. The number of ether oxygens (including phenoxy) is 1. The number of hydrazone groups is 1. The minimum atomic E-state index is -0.758. The summed E-state index contributed by atoms with van der Waals surface area (Å²) in [5, 5.41) is 14.9. The molecule has 0 saturated carbocycles. The smallest absolute Gasteiger partial charge is 0.324 e. The lowest BCUT2D eigenvalue weighted by Gasteiger charge is -2.12. The fourth-order valence-electron chi connectivity index (χ4n) is 1.53. The number of hydrogen-bond acceptors (Lipinski definition) is 6. The van der Waals surface area contributed by atoms with E-state index in [1.165, 1.54) is 12.3 Å². The van der Waals surface area contributed by atoms with Gasteiger partial charge in [-0.2, -0.15) is 5.10 Å². The average molecular weight is 354 g/mol. The Morgan fingerprint density at radius 1 is 1.39 bits per heavy atom. The second kappa shape index (κ2) is 7.70. The Morgan fingerprint density at radius 3 is 2.70 bits per heavy atom. The van der Waals surface area contributed by atoms with Crippen molar-refractivity contribution in [2.45, 2.75) is 13.0 Å². The van der Waals surface area contributed by atoms with E-state index in [0.717, 1.165) is 11.3 Å². The Morgan fingerprint density at radius 2 is 2.09 bits per heavy atom. The van der Waals surface area contributed by atoms with E-state index in [-0.39, 0.29) is 5.00 Å². The van der Waals surface area contributed by atoms with Crippen molar-refractivity contribution in [2.24, 2.45) is 5.10 Å². The SMILES string of the molecule is C[C@@H](Oc1ccc(Cl)cc1)C(=O)N/N=C\c1ccc([N+](=O)[O-])s1. The highest BCUT2D eigenvalue weighted by molar-refractivity contribution is 7.16. The van der Waals surface area contributed by atoms with Crippen molar-refractivity contribution >= 4 is 40.1 Å². The van der Waals surface area contributed by atoms with Crippen LogP contribution in [0.5, 0.6) is 5.75 Å². The van der Waals surface area contributed by atoms with E-state index in [2.05, 4.69) is 10.5 Å². The van der Waals surface area contributed by atoms with Crippen molar-refractivity contribution in [1.29, 1.82) is 0 Å². The number of halogens is 1. The summed E-state index contributed by atoms with van der Waals surface area (Å²) >= 11 is 6.73. The molecule has 2 rings (SSSR count). The van der Waals surface area contributed by atoms with Gasteiger partial charge in [-0.25, -0.2) is 5.43 Å². The van der Waals surface area contributed by atoms with Crippen LogP contribution in [-0.4, -0.2) is 23.1 Å². The van der Waals surface area contributed by atoms with Crippen LogP contribution in [0.4, 0.5) is 5.00 Å². The van der Waals surface area contributed by atoms with Gasteiger partial charge in [-0.15, -0.1) is 0 Å². The highest BCUT2D eigenvalue weighted by atomic mass is 35.5. The van der Waals surface area contributed by atoms with E-state index in [9.17, 15) is 14.9 Å². The normalized spacial score (nSPS) is 12.1. The van der Waals surface area contributed by atoms with E-state index < -0.39 is 16.9 Å². The van der Waals surface area contributed by atoms with Gasteiger partial charge in [0.05, 0.1) is 16.0 Å². The molecule has 0 aliphatic rings. The monoisotopic (exact) mass is 353 g/mol. The predicted octanol–water partition coefficient (Wildman–Crippen LogP) is 3.23. The van der Waals surface area contributed by atoms with E-state index >= 15 is 0 Å². The molecule has 0 spiro atoms. The number of carbonyl (C=O) groups excluding carboxylic acids is 1. The van der Waals surface area contributed by atoms with Crippen molar-refractivity contribution in [3.05, 3.63) is 56.4 Å². The minimum absolute atomic E-state index is 0.0113. The largest absolute Gasteiger partial charge is 0.481 e. The summed E-state index contributed by atoms with van der Waals surface area (Å²) in [6.07, 6.45) is 0.580. The molecule has 1 heterocycles. The minimum Gasteiger partial charge on any atom is -0.481 e. The third-order valence-corrected chi connectivity index (χ3v) is 3.88. The first-order valence-corrected chi connectivity index (χ1v) is 7.64. The quantitative estimate of drug-likeness (QED) is 0.490. The molecule has 120 valence electrons. The summed E-state index contributed by atoms with van der Waals surface area (Å²) in [5.74, 6) is 0.0668. The van der Waals surface area contributed by atoms with Crippen molar-refractivity contribution < 1.29 is 14.5 Å². The molecule has 1 atom stereocenters. The summed E-state index contributed by atoms with van der Waals surface area (Å²) in [6.45, 7) is 1.58. The number of nitro groups is 1. The lowest BCUT2D eigenvalue weighted by atomic mass is 10.3. The molecule has 1 aromatic carbocycles. The van der Waals surface area contributed by atoms with Gasteiger partial charge < -0.3 is 4.74 Å². The van der Waals surface area contributed by atoms with E-state index in [0.29, 0.717) is 15.6 Å². The highest BCUT2D eigenvalue weighted by Gasteiger charge is 2.14. The Bertz CT molecular complexity index is 730. The van der Waals surface area contributed by atoms with Crippen LogP contribution < -0.4 is 10.2 Å². The molecule has 1 aromatic heterocycles. The Labute approximate surface area is 140 Å². The van der Waals surface area contributed by atoms with E-state index in [1.807, 2.05) is 0 Å². The molecule has 1 amide bonds. The van der Waals surface area contributed by atoms with Crippen LogP contribution in [0, 0.1) is 10.1 Å². The Balaban J connectivity index is 1.86. The number of carbonyl (C=O) groups is 1. The zero-order valence-corrected chi connectivity index (χ0v) is 13.5. The molecule has 0 aliphatic heterocycles. The average Bonchev–Trinajstić information content (AvgIpc) is 2.98. The molecule has 2 aromatic rings. The van der Waals surface area contributed by atoms with Crippen LogP contribution in [0.1, 0.15) is 11.8 Å². The maximum atomic E-state index is 11.8. The second-order valence-corrected chi connectivity index (χ2v) is 5.91. The molecule has 9 heteroatoms. The highest BCUT2D eigenvalue weighted by Crippen LogP contribution is 2.22. The van der Waals surface area contributed by atoms with Gasteiger partial charge in [-0.05, 0) is 37.3 Å². The van der Waals surface area contributed by atoms with Gasteiger partial charge in [0.25, 0.3) is 5.91 Å². The van der Waals surface area contributed by atoms with E-state index in [1.54, 1.807) is 37.3 Å². The van der Waals surface area contributed by atoms with Gasteiger partial charge in [-0.3, -0.25) is 14.9 Å². The molecule has 0 fully saturated rings. The molecule has 0 aliphatic carbocycles. The number of thiophene rings is 1. The molecule has 7 nitrogen and oxygen atoms in total. The van der Waals surface area contributed by atoms with Crippen LogP contribution in [0.3, 0.4) is 0 Å². The standard InChI is InChI=1S/C14H12ClN3O4S/c1-9(22-11-4-2-10(15)3-5-11)14(19)17-16-8-12-6-7-13(23-12)18(20)21/h2-9H,1H3,(H,17,19)/b16-8-/t9-/m1/s1. The Kier molecular flexibility index (Phi) is 5.67. The predicted molar refractivity (Wildman–Crippen MR) is 88.3 cm³/mol. The molecule has 0 saturated heterocycles. The van der Waals surface area contributed by atoms with Gasteiger partial charge in [0, 0.05) is 11.1 Å². The summed E-state index contributed by atoms with van der Waals surface area (Å²) in [7, 11) is 0. The fourth-order valence-corrected chi connectivity index (χ4v) is 2.35. The first-order chi connectivity index (χ1) is 11.0. The number of rotatable bonds is 6. The number of nitrogens with one attached hydrogen (secondary N) is 1. The molecule has 0 bridgehead atoms. The van der Waals surface area contributed by atoms with Gasteiger partial charge >= 0.3 is 5.00 Å². The van der Waals surface area contributed by atoms with Gasteiger partial charge in [0.1, 0.15) is 5.75 Å². The number of benzene rings is 1. The maximum Gasteiger partial charge on any atom is 0.324 e. The lowest BCUT2D eigenvalue weighted by Crippen LogP contribution is -2.33. The molecule has 1 N–H and O–H groups in total. The number of amides is 1. The van der Waals surface area contributed by atoms with Gasteiger partial charge in [-0.1, -0.05) is 22.9 Å². The van der Waals surface area contributed by atoms with E-state index in [4.69, 9.17) is 16.3 Å². The maximum absolute atomic E-state index is 11.8. The van der Waals surface area contributed by atoms with Gasteiger partial charge in [0.15, 0.2) is 6.10 Å². The molecule has 0 unspecified atom stereocenters.